The van der Waals surface area contributed by atoms with E-state index in [2.05, 4.69) is 9.51 Å². The van der Waals surface area contributed by atoms with E-state index in [1.54, 1.807) is 0 Å². The highest BCUT2D eigenvalue weighted by Gasteiger charge is 2.45. The van der Waals surface area contributed by atoms with Crippen molar-refractivity contribution in [2.24, 2.45) is 0 Å². The van der Waals surface area contributed by atoms with E-state index in [9.17, 15) is 19.6 Å². The van der Waals surface area contributed by atoms with Crippen molar-refractivity contribution in [3.05, 3.63) is 22.2 Å². The van der Waals surface area contributed by atoms with Crippen molar-refractivity contribution in [3.8, 4) is 0 Å². The summed E-state index contributed by atoms with van der Waals surface area (Å²) in [5.41, 5.74) is 5.48. The van der Waals surface area contributed by atoms with E-state index < -0.39 is 44.7 Å². The molecule has 6 N–H and O–H groups in total. The number of anilines is 1. The first-order valence-corrected chi connectivity index (χ1v) is 8.76. The molecular formula is C12H20N3O8P. The predicted octanol–water partition coefficient (Wildman–Crippen LogP) is -1.49. The first kappa shape index (κ1) is 19.0. The summed E-state index contributed by atoms with van der Waals surface area (Å²) in [4.78, 5) is 33.1. The highest BCUT2D eigenvalue weighted by molar-refractivity contribution is 7.46. The van der Waals surface area contributed by atoms with E-state index in [1.807, 2.05) is 6.92 Å². The Kier molecular flexibility index (Phi) is 5.76. The van der Waals surface area contributed by atoms with Crippen LogP contribution in [0.3, 0.4) is 0 Å². The summed E-state index contributed by atoms with van der Waals surface area (Å²) in [6.07, 6.45) is -2.82. The fourth-order valence-electron chi connectivity index (χ4n) is 2.43. The number of aliphatic hydroxyl groups excluding tert-OH is 2. The quantitative estimate of drug-likeness (QED) is 0.373. The highest BCUT2D eigenvalue weighted by atomic mass is 31.2. The molecule has 1 saturated heterocycles. The number of nitrogens with two attached hydrogens (primary N) is 1. The molecule has 4 atom stereocenters. The minimum absolute atomic E-state index is 0.0764. The average molecular weight is 365 g/mol. The molecule has 4 unspecified atom stereocenters. The summed E-state index contributed by atoms with van der Waals surface area (Å²) in [6, 6.07) is 0. The zero-order valence-corrected chi connectivity index (χ0v) is 13.7. The van der Waals surface area contributed by atoms with Gasteiger partial charge in [-0.25, -0.2) is 9.36 Å². The molecule has 0 aliphatic carbocycles. The van der Waals surface area contributed by atoms with Crippen LogP contribution in [-0.2, 0) is 20.2 Å². The van der Waals surface area contributed by atoms with Crippen LogP contribution >= 0.6 is 7.82 Å². The Morgan fingerprint density at radius 1 is 1.42 bits per heavy atom. The third-order valence-electron chi connectivity index (χ3n) is 3.60. The molecule has 1 aromatic rings. The van der Waals surface area contributed by atoms with Crippen molar-refractivity contribution in [1.29, 1.82) is 0 Å². The fourth-order valence-corrected chi connectivity index (χ4v) is 2.77. The number of aromatic nitrogens is 2. The van der Waals surface area contributed by atoms with Gasteiger partial charge in [-0.1, -0.05) is 13.3 Å². The minimum Gasteiger partial charge on any atom is -0.387 e. The van der Waals surface area contributed by atoms with Crippen molar-refractivity contribution in [2.75, 3.05) is 12.3 Å². The molecule has 0 bridgehead atoms. The number of hydrogen-bond donors (Lipinski definition) is 5. The lowest BCUT2D eigenvalue weighted by Crippen LogP contribution is -2.36. The summed E-state index contributed by atoms with van der Waals surface area (Å²) >= 11 is 0. The molecule has 1 aliphatic heterocycles. The Bertz CT molecular complexity index is 689. The molecule has 1 aliphatic rings. The number of aliphatic hydroxyl groups is 2. The second-order valence-electron chi connectivity index (χ2n) is 5.42. The van der Waals surface area contributed by atoms with Crippen LogP contribution in [0, 0.1) is 0 Å². The van der Waals surface area contributed by atoms with Crippen molar-refractivity contribution in [2.45, 2.75) is 44.3 Å². The van der Waals surface area contributed by atoms with Crippen molar-refractivity contribution >= 4 is 13.6 Å². The van der Waals surface area contributed by atoms with Gasteiger partial charge in [-0.05, 0) is 6.42 Å². The molecule has 0 amide bonds. The second-order valence-corrected chi connectivity index (χ2v) is 6.66. The number of hydrogen-bond acceptors (Lipinski definition) is 8. The molecule has 24 heavy (non-hydrogen) atoms. The molecule has 2 heterocycles. The maximum Gasteiger partial charge on any atom is 0.469 e. The third-order valence-corrected chi connectivity index (χ3v) is 4.08. The molecule has 0 saturated carbocycles. The monoisotopic (exact) mass is 365 g/mol. The van der Waals surface area contributed by atoms with Crippen LogP contribution in [0.5, 0.6) is 0 Å². The van der Waals surface area contributed by atoms with Gasteiger partial charge >= 0.3 is 13.5 Å². The Morgan fingerprint density at radius 2 is 2.08 bits per heavy atom. The van der Waals surface area contributed by atoms with E-state index in [4.69, 9.17) is 20.3 Å². The number of nitrogen functional groups attached to an aromatic ring is 1. The smallest absolute Gasteiger partial charge is 0.387 e. The summed E-state index contributed by atoms with van der Waals surface area (Å²) in [7, 11) is -4.76. The lowest BCUT2D eigenvalue weighted by Gasteiger charge is -2.18. The molecule has 1 fully saturated rings. The normalized spacial score (nSPS) is 27.5. The maximum atomic E-state index is 12.0. The Morgan fingerprint density at radius 3 is 2.67 bits per heavy atom. The number of phosphoric ester groups is 1. The highest BCUT2D eigenvalue weighted by Crippen LogP contribution is 2.38. The number of ether oxygens (including phenoxy) is 1. The van der Waals surface area contributed by atoms with Crippen LogP contribution in [-0.4, -0.2) is 54.5 Å². The molecule has 1 aromatic heterocycles. The number of rotatable bonds is 6. The van der Waals surface area contributed by atoms with Gasteiger partial charge in [0.2, 0.25) is 0 Å². The standard InChI is InChI=1S/C12H20N3O8P/c1-2-3-6-4-15(12(18)14-10(6)13)11-9(17)8(16)7(23-11)5-22-24(19,20)21/h4,7-9,11,16-17H,2-3,5H2,1H3,(H2,13,14,18)(H2,19,20,21). The lowest BCUT2D eigenvalue weighted by molar-refractivity contribution is -0.0543. The number of phosphoric acid groups is 1. The molecule has 0 radical (unpaired) electrons. The van der Waals surface area contributed by atoms with Gasteiger partial charge < -0.3 is 30.5 Å². The summed E-state index contributed by atoms with van der Waals surface area (Å²) in [5, 5.41) is 20.0. The van der Waals surface area contributed by atoms with E-state index in [1.165, 1.54) is 6.20 Å². The second kappa shape index (κ2) is 7.28. The van der Waals surface area contributed by atoms with Crippen molar-refractivity contribution in [3.63, 3.8) is 0 Å². The molecule has 2 rings (SSSR count). The molecule has 136 valence electrons. The summed E-state index contributed by atoms with van der Waals surface area (Å²) < 4.78 is 21.3. The molecule has 12 heteroatoms. The van der Waals surface area contributed by atoms with Gasteiger partial charge in [0, 0.05) is 11.8 Å². The van der Waals surface area contributed by atoms with Crippen LogP contribution in [0.1, 0.15) is 25.1 Å². The molecule has 11 nitrogen and oxygen atoms in total. The van der Waals surface area contributed by atoms with E-state index in [0.717, 1.165) is 11.0 Å². The third kappa shape index (κ3) is 4.19. The SMILES string of the molecule is CCCc1cn(C2OC(COP(=O)(O)O)C(O)C2O)c(=O)nc1N. The van der Waals surface area contributed by atoms with Gasteiger partial charge in [0.05, 0.1) is 6.61 Å². The van der Waals surface area contributed by atoms with Gasteiger partial charge in [0.15, 0.2) is 6.23 Å². The van der Waals surface area contributed by atoms with Crippen LogP contribution in [0.4, 0.5) is 5.82 Å². The van der Waals surface area contributed by atoms with Gasteiger partial charge in [-0.3, -0.25) is 9.09 Å². The van der Waals surface area contributed by atoms with Gasteiger partial charge in [-0.2, -0.15) is 4.98 Å². The molecule has 0 aromatic carbocycles. The topological polar surface area (TPSA) is 177 Å². The van der Waals surface area contributed by atoms with Gasteiger partial charge in [-0.15, -0.1) is 0 Å². The zero-order valence-electron chi connectivity index (χ0n) is 12.8. The Hall–Kier alpha value is -1.33. The predicted molar refractivity (Wildman–Crippen MR) is 80.8 cm³/mol. The summed E-state index contributed by atoms with van der Waals surface area (Å²) in [5.74, 6) is 0.0764. The van der Waals surface area contributed by atoms with Crippen LogP contribution in [0.25, 0.3) is 0 Å². The molecular weight excluding hydrogens is 345 g/mol. The first-order chi connectivity index (χ1) is 11.1. The van der Waals surface area contributed by atoms with Crippen molar-refractivity contribution < 1.29 is 33.8 Å². The van der Waals surface area contributed by atoms with E-state index in [-0.39, 0.29) is 5.82 Å². The minimum atomic E-state index is -4.76. The number of nitrogens with zero attached hydrogens (tertiary/aromatic N) is 2. The Labute approximate surface area is 136 Å². The van der Waals surface area contributed by atoms with Crippen LogP contribution in [0.2, 0.25) is 0 Å². The maximum absolute atomic E-state index is 12.0. The van der Waals surface area contributed by atoms with Crippen LogP contribution in [0.15, 0.2) is 11.0 Å². The number of aryl methyl sites for hydroxylation is 1. The zero-order chi connectivity index (χ0) is 18.1. The van der Waals surface area contributed by atoms with Crippen molar-refractivity contribution in [1.82, 2.24) is 9.55 Å². The fraction of sp³-hybridized carbons (Fsp3) is 0.667. The molecule has 0 spiro atoms. The van der Waals surface area contributed by atoms with Gasteiger partial charge in [0.1, 0.15) is 24.1 Å². The van der Waals surface area contributed by atoms with E-state index in [0.29, 0.717) is 12.0 Å². The largest absolute Gasteiger partial charge is 0.469 e. The van der Waals surface area contributed by atoms with Gasteiger partial charge in [0.25, 0.3) is 0 Å². The average Bonchev–Trinajstić information content (AvgIpc) is 2.75. The van der Waals surface area contributed by atoms with Crippen LogP contribution < -0.4 is 11.4 Å². The lowest BCUT2D eigenvalue weighted by atomic mass is 10.1. The Balaban J connectivity index is 2.24. The first-order valence-electron chi connectivity index (χ1n) is 7.23. The van der Waals surface area contributed by atoms with E-state index >= 15 is 0 Å². The summed E-state index contributed by atoms with van der Waals surface area (Å²) in [6.45, 7) is 1.26.